The lowest BCUT2D eigenvalue weighted by molar-refractivity contribution is -0.139. The Bertz CT molecular complexity index is 1270. The third-order valence-electron chi connectivity index (χ3n) is 7.17. The van der Waals surface area contributed by atoms with Gasteiger partial charge in [-0.05, 0) is 66.8 Å². The number of carbonyl (C=O) groups excluding carboxylic acids is 1. The fourth-order valence-electron chi connectivity index (χ4n) is 4.88. The minimum absolute atomic E-state index is 0.0312. The summed E-state index contributed by atoms with van der Waals surface area (Å²) in [4.78, 5) is 24.6. The first kappa shape index (κ1) is 26.5. The van der Waals surface area contributed by atoms with E-state index in [4.69, 9.17) is 0 Å². The monoisotopic (exact) mass is 512 g/mol. The molecule has 1 amide bonds. The lowest BCUT2D eigenvalue weighted by Crippen LogP contribution is -2.19. The number of amides is 1. The molecule has 2 aromatic carbocycles. The van der Waals surface area contributed by atoms with E-state index in [0.29, 0.717) is 24.1 Å². The minimum atomic E-state index is -4.67. The SMILES string of the molecule is CCC(C)c1c(C(=O)Nc2cc([C@H]3C[C@H]3C(=O)O)ccc2C(F)(F)F)ccn1CCCc1ccccc1. The Balaban J connectivity index is 1.58. The molecule has 0 bridgehead atoms. The van der Waals surface area contributed by atoms with Crippen LogP contribution in [0.1, 0.15) is 77.7 Å². The van der Waals surface area contributed by atoms with E-state index in [1.807, 2.05) is 42.8 Å². The van der Waals surface area contributed by atoms with Crippen LogP contribution < -0.4 is 5.32 Å². The Morgan fingerprint density at radius 3 is 2.49 bits per heavy atom. The van der Waals surface area contributed by atoms with Crippen LogP contribution in [0.4, 0.5) is 18.9 Å². The number of nitrogens with one attached hydrogen (secondary N) is 1. The lowest BCUT2D eigenvalue weighted by Gasteiger charge is -2.18. The van der Waals surface area contributed by atoms with E-state index in [1.54, 1.807) is 6.07 Å². The number of carboxylic acid groups (broad SMARTS) is 1. The highest BCUT2D eigenvalue weighted by atomic mass is 19.4. The third-order valence-corrected chi connectivity index (χ3v) is 7.17. The standard InChI is InChI=1S/C29H31F3N2O3/c1-3-18(2)26-21(13-15-34(26)14-7-10-19-8-5-4-6-9-19)27(35)33-25-16-20(22-17-23(22)28(36)37)11-12-24(25)29(30,31)32/h4-6,8-9,11-13,15-16,18,22-23H,3,7,10,14,17H2,1-2H3,(H,33,35)(H,36,37)/t18?,22-,23-/m1/s1. The first-order valence-electron chi connectivity index (χ1n) is 12.6. The van der Waals surface area contributed by atoms with Crippen LogP contribution in [0.15, 0.2) is 60.8 Å². The van der Waals surface area contributed by atoms with Gasteiger partial charge in [0.05, 0.1) is 22.7 Å². The Morgan fingerprint density at radius 1 is 1.14 bits per heavy atom. The largest absolute Gasteiger partial charge is 0.481 e. The summed E-state index contributed by atoms with van der Waals surface area (Å²) in [5.74, 6) is -2.50. The van der Waals surface area contributed by atoms with E-state index in [9.17, 15) is 27.9 Å². The molecule has 1 fully saturated rings. The number of aromatic nitrogens is 1. The number of aryl methyl sites for hydroxylation is 2. The van der Waals surface area contributed by atoms with Crippen LogP contribution in [0.25, 0.3) is 0 Å². The van der Waals surface area contributed by atoms with Crippen molar-refractivity contribution in [1.29, 1.82) is 0 Å². The maximum atomic E-state index is 13.8. The van der Waals surface area contributed by atoms with Crippen LogP contribution in [0.5, 0.6) is 0 Å². The molecule has 4 rings (SSSR count). The smallest absolute Gasteiger partial charge is 0.418 e. The number of carboxylic acids is 1. The van der Waals surface area contributed by atoms with E-state index >= 15 is 0 Å². The van der Waals surface area contributed by atoms with Gasteiger partial charge in [0, 0.05) is 18.4 Å². The Hall–Kier alpha value is -3.55. The molecule has 37 heavy (non-hydrogen) atoms. The maximum absolute atomic E-state index is 13.8. The van der Waals surface area contributed by atoms with Gasteiger partial charge in [-0.2, -0.15) is 13.2 Å². The summed E-state index contributed by atoms with van der Waals surface area (Å²) in [5.41, 5.74) is 1.55. The number of benzene rings is 2. The van der Waals surface area contributed by atoms with Gasteiger partial charge in [-0.25, -0.2) is 0 Å². The van der Waals surface area contributed by atoms with Crippen LogP contribution in [-0.4, -0.2) is 21.6 Å². The van der Waals surface area contributed by atoms with Gasteiger partial charge >= 0.3 is 12.1 Å². The summed E-state index contributed by atoms with van der Waals surface area (Å²) in [7, 11) is 0. The number of halogens is 3. The van der Waals surface area contributed by atoms with Gasteiger partial charge in [0.25, 0.3) is 5.91 Å². The normalized spacial score (nSPS) is 17.9. The zero-order valence-electron chi connectivity index (χ0n) is 20.9. The second-order valence-corrected chi connectivity index (χ2v) is 9.75. The quantitative estimate of drug-likeness (QED) is 0.305. The zero-order chi connectivity index (χ0) is 26.7. The van der Waals surface area contributed by atoms with Gasteiger partial charge in [-0.15, -0.1) is 0 Å². The Kier molecular flexibility index (Phi) is 7.76. The number of aliphatic carboxylic acids is 1. The predicted octanol–water partition coefficient (Wildman–Crippen LogP) is 7.09. The number of nitrogens with zero attached hydrogens (tertiary/aromatic N) is 1. The van der Waals surface area contributed by atoms with E-state index in [0.717, 1.165) is 31.0 Å². The van der Waals surface area contributed by atoms with Gasteiger partial charge in [-0.1, -0.05) is 50.2 Å². The molecule has 2 N–H and O–H groups in total. The summed E-state index contributed by atoms with van der Waals surface area (Å²) in [6.07, 6.45) is 0.0306. The molecule has 0 aliphatic heterocycles. The Morgan fingerprint density at radius 2 is 1.86 bits per heavy atom. The van der Waals surface area contributed by atoms with Crippen molar-refractivity contribution in [3.63, 3.8) is 0 Å². The molecule has 1 aliphatic rings. The summed E-state index contributed by atoms with van der Waals surface area (Å²) >= 11 is 0. The van der Waals surface area contributed by atoms with E-state index in [1.165, 1.54) is 17.7 Å². The molecule has 196 valence electrons. The summed E-state index contributed by atoms with van der Waals surface area (Å²) in [6.45, 7) is 4.69. The van der Waals surface area contributed by atoms with Gasteiger partial charge in [0.15, 0.2) is 0 Å². The van der Waals surface area contributed by atoms with Crippen molar-refractivity contribution >= 4 is 17.6 Å². The first-order chi connectivity index (χ1) is 17.6. The van der Waals surface area contributed by atoms with Gasteiger partial charge in [0.1, 0.15) is 0 Å². The van der Waals surface area contributed by atoms with Crippen LogP contribution in [-0.2, 0) is 23.9 Å². The molecule has 0 saturated heterocycles. The van der Waals surface area contributed by atoms with Crippen LogP contribution in [0.3, 0.4) is 0 Å². The molecular formula is C29H31F3N2O3. The number of alkyl halides is 3. The Labute approximate surface area is 214 Å². The highest BCUT2D eigenvalue weighted by Gasteiger charge is 2.45. The molecule has 5 nitrogen and oxygen atoms in total. The number of anilines is 1. The van der Waals surface area contributed by atoms with Crippen molar-refractivity contribution in [3.05, 3.63) is 88.7 Å². The minimum Gasteiger partial charge on any atom is -0.481 e. The topological polar surface area (TPSA) is 71.3 Å². The molecule has 1 unspecified atom stereocenters. The van der Waals surface area contributed by atoms with Crippen LogP contribution in [0, 0.1) is 5.92 Å². The second kappa shape index (κ2) is 10.8. The fraction of sp³-hybridized carbons (Fsp3) is 0.379. The van der Waals surface area contributed by atoms with E-state index < -0.39 is 29.5 Å². The molecule has 0 radical (unpaired) electrons. The molecule has 1 heterocycles. The third kappa shape index (κ3) is 6.06. The molecule has 3 atom stereocenters. The van der Waals surface area contributed by atoms with Crippen LogP contribution >= 0.6 is 0 Å². The molecular weight excluding hydrogens is 481 g/mol. The number of hydrogen-bond donors (Lipinski definition) is 2. The van der Waals surface area contributed by atoms with Gasteiger partial charge in [0.2, 0.25) is 0 Å². The van der Waals surface area contributed by atoms with E-state index in [-0.39, 0.29) is 17.5 Å². The highest BCUT2D eigenvalue weighted by Crippen LogP contribution is 2.49. The van der Waals surface area contributed by atoms with Crippen LogP contribution in [0.2, 0.25) is 0 Å². The number of hydrogen-bond acceptors (Lipinski definition) is 2. The average molecular weight is 513 g/mol. The molecule has 3 aromatic rings. The zero-order valence-corrected chi connectivity index (χ0v) is 20.9. The summed E-state index contributed by atoms with van der Waals surface area (Å²) in [5, 5.41) is 11.7. The van der Waals surface area contributed by atoms with Gasteiger partial charge < -0.3 is 15.0 Å². The van der Waals surface area contributed by atoms with Crippen molar-refractivity contribution < 1.29 is 27.9 Å². The molecule has 0 spiro atoms. The first-order valence-corrected chi connectivity index (χ1v) is 12.6. The predicted molar refractivity (Wildman–Crippen MR) is 136 cm³/mol. The molecule has 1 aliphatic carbocycles. The average Bonchev–Trinajstić information content (AvgIpc) is 3.57. The maximum Gasteiger partial charge on any atom is 0.418 e. The molecule has 8 heteroatoms. The second-order valence-electron chi connectivity index (χ2n) is 9.75. The molecule has 1 aromatic heterocycles. The summed E-state index contributed by atoms with van der Waals surface area (Å²) in [6, 6.07) is 15.3. The van der Waals surface area contributed by atoms with Gasteiger partial charge in [-0.3, -0.25) is 9.59 Å². The molecule has 1 saturated carbocycles. The lowest BCUT2D eigenvalue weighted by atomic mass is 9.99. The van der Waals surface area contributed by atoms with Crippen molar-refractivity contribution in [2.75, 3.05) is 5.32 Å². The number of carbonyl (C=O) groups is 2. The number of rotatable bonds is 10. The van der Waals surface area contributed by atoms with Crippen molar-refractivity contribution in [1.82, 2.24) is 4.57 Å². The fourth-order valence-corrected chi connectivity index (χ4v) is 4.88. The van der Waals surface area contributed by atoms with Crippen molar-refractivity contribution in [2.24, 2.45) is 5.92 Å². The van der Waals surface area contributed by atoms with E-state index in [2.05, 4.69) is 17.4 Å². The van der Waals surface area contributed by atoms with Crippen molar-refractivity contribution in [3.8, 4) is 0 Å². The van der Waals surface area contributed by atoms with Crippen molar-refractivity contribution in [2.45, 2.75) is 64.1 Å². The summed E-state index contributed by atoms with van der Waals surface area (Å²) < 4.78 is 43.3. The highest BCUT2D eigenvalue weighted by molar-refractivity contribution is 6.05.